The van der Waals surface area contributed by atoms with E-state index >= 15 is 0 Å². The van der Waals surface area contributed by atoms with E-state index in [9.17, 15) is 9.59 Å². The molecule has 3 aromatic rings. The van der Waals surface area contributed by atoms with Crippen molar-refractivity contribution in [3.05, 3.63) is 95.6 Å². The summed E-state index contributed by atoms with van der Waals surface area (Å²) in [4.78, 5) is 25.0. The molecule has 2 amide bonds. The van der Waals surface area contributed by atoms with Gasteiger partial charge in [0.05, 0.1) is 13.3 Å². The van der Waals surface area contributed by atoms with Gasteiger partial charge < -0.3 is 14.8 Å². The molecule has 1 saturated heterocycles. The zero-order valence-electron chi connectivity index (χ0n) is 18.2. The molecule has 1 aliphatic rings. The van der Waals surface area contributed by atoms with Crippen LogP contribution in [0.3, 0.4) is 0 Å². The van der Waals surface area contributed by atoms with Crippen LogP contribution in [0.15, 0.2) is 84.0 Å². The molecule has 168 valence electrons. The predicted molar refractivity (Wildman–Crippen MR) is 125 cm³/mol. The molecule has 0 radical (unpaired) electrons. The van der Waals surface area contributed by atoms with Crippen molar-refractivity contribution in [1.82, 2.24) is 10.7 Å². The standard InChI is InChI=1S/C26H25N3O4/c1-32-23-14-19(12-13-22(23)33-17-18-8-4-2-5-9-18)15-28-29-26(31)24-21(16-27-25(24)30)20-10-6-3-7-11-20/h2-15,21,24H,16-17H2,1H3,(H,27,30)(H,29,31)/t21-,24+/m0/s1. The fourth-order valence-electron chi connectivity index (χ4n) is 3.79. The maximum absolute atomic E-state index is 12.7. The quantitative estimate of drug-likeness (QED) is 0.318. The molecule has 7 nitrogen and oxygen atoms in total. The van der Waals surface area contributed by atoms with Crippen LogP contribution in [0.5, 0.6) is 11.5 Å². The van der Waals surface area contributed by atoms with Gasteiger partial charge in [-0.2, -0.15) is 5.10 Å². The van der Waals surface area contributed by atoms with Crippen molar-refractivity contribution >= 4 is 18.0 Å². The number of carbonyl (C=O) groups excluding carboxylic acids is 2. The van der Waals surface area contributed by atoms with Crippen molar-refractivity contribution in [3.63, 3.8) is 0 Å². The van der Waals surface area contributed by atoms with Gasteiger partial charge in [-0.1, -0.05) is 60.7 Å². The summed E-state index contributed by atoms with van der Waals surface area (Å²) in [5.41, 5.74) is 5.21. The fraction of sp³-hybridized carbons (Fsp3) is 0.192. The highest BCUT2D eigenvalue weighted by molar-refractivity contribution is 6.03. The van der Waals surface area contributed by atoms with Crippen LogP contribution < -0.4 is 20.2 Å². The normalized spacial score (nSPS) is 17.5. The van der Waals surface area contributed by atoms with Crippen LogP contribution in [0.4, 0.5) is 0 Å². The third-order valence-electron chi connectivity index (χ3n) is 5.50. The molecule has 0 saturated carbocycles. The average molecular weight is 444 g/mol. The Kier molecular flexibility index (Phi) is 6.99. The van der Waals surface area contributed by atoms with Crippen molar-refractivity contribution in [3.8, 4) is 11.5 Å². The van der Waals surface area contributed by atoms with E-state index < -0.39 is 11.8 Å². The summed E-state index contributed by atoms with van der Waals surface area (Å²) in [6.07, 6.45) is 1.51. The second-order valence-electron chi connectivity index (χ2n) is 7.66. The van der Waals surface area contributed by atoms with Crippen molar-refractivity contribution in [2.24, 2.45) is 11.0 Å². The van der Waals surface area contributed by atoms with Gasteiger partial charge in [0.25, 0.3) is 5.91 Å². The minimum Gasteiger partial charge on any atom is -0.493 e. The lowest BCUT2D eigenvalue weighted by Gasteiger charge is -2.15. The molecule has 0 aromatic heterocycles. The van der Waals surface area contributed by atoms with Crippen LogP contribution in [-0.2, 0) is 16.2 Å². The SMILES string of the molecule is COc1cc(C=NNC(=O)[C@H]2C(=O)NC[C@H]2c2ccccc2)ccc1OCc1ccccc1. The first-order chi connectivity index (χ1) is 16.2. The van der Waals surface area contributed by atoms with Gasteiger partial charge in [-0.05, 0) is 34.9 Å². The molecule has 4 rings (SSSR count). The van der Waals surface area contributed by atoms with Gasteiger partial charge in [0.15, 0.2) is 11.5 Å². The number of hydrazone groups is 1. The maximum Gasteiger partial charge on any atom is 0.253 e. The third-order valence-corrected chi connectivity index (χ3v) is 5.50. The van der Waals surface area contributed by atoms with E-state index in [1.807, 2.05) is 66.7 Å². The monoisotopic (exact) mass is 443 g/mol. The molecular formula is C26H25N3O4. The average Bonchev–Trinajstić information content (AvgIpc) is 3.25. The number of methoxy groups -OCH3 is 1. The highest BCUT2D eigenvalue weighted by atomic mass is 16.5. The molecule has 2 atom stereocenters. The Hall–Kier alpha value is -4.13. The maximum atomic E-state index is 12.7. The summed E-state index contributed by atoms with van der Waals surface area (Å²) in [5.74, 6) is -0.623. The summed E-state index contributed by atoms with van der Waals surface area (Å²) in [6, 6.07) is 24.8. The Balaban J connectivity index is 1.39. The number of benzene rings is 3. The van der Waals surface area contributed by atoms with Gasteiger partial charge >= 0.3 is 0 Å². The van der Waals surface area contributed by atoms with Crippen LogP contribution in [0, 0.1) is 5.92 Å². The Morgan fingerprint density at radius 3 is 2.52 bits per heavy atom. The number of carbonyl (C=O) groups is 2. The smallest absolute Gasteiger partial charge is 0.253 e. The number of rotatable bonds is 8. The summed E-state index contributed by atoms with van der Waals surface area (Å²) in [6.45, 7) is 0.846. The van der Waals surface area contributed by atoms with Crippen LogP contribution in [0.2, 0.25) is 0 Å². The van der Waals surface area contributed by atoms with E-state index in [-0.39, 0.29) is 11.8 Å². The molecule has 0 unspecified atom stereocenters. The second-order valence-corrected chi connectivity index (χ2v) is 7.66. The summed E-state index contributed by atoms with van der Waals surface area (Å²) < 4.78 is 11.3. The third kappa shape index (κ3) is 5.38. The van der Waals surface area contributed by atoms with Crippen molar-refractivity contribution < 1.29 is 19.1 Å². The van der Waals surface area contributed by atoms with Crippen molar-refractivity contribution in [2.45, 2.75) is 12.5 Å². The highest BCUT2D eigenvalue weighted by Crippen LogP contribution is 2.30. The number of ether oxygens (including phenoxy) is 2. The number of hydrogen-bond acceptors (Lipinski definition) is 5. The lowest BCUT2D eigenvalue weighted by atomic mass is 9.88. The molecule has 33 heavy (non-hydrogen) atoms. The van der Waals surface area contributed by atoms with Gasteiger partial charge in [-0.15, -0.1) is 0 Å². The number of amides is 2. The van der Waals surface area contributed by atoms with E-state index in [1.54, 1.807) is 19.2 Å². The molecule has 0 spiro atoms. The van der Waals surface area contributed by atoms with Gasteiger partial charge in [-0.3, -0.25) is 9.59 Å². The highest BCUT2D eigenvalue weighted by Gasteiger charge is 2.40. The Bertz CT molecular complexity index is 1130. The van der Waals surface area contributed by atoms with E-state index in [0.29, 0.717) is 24.7 Å². The molecule has 0 bridgehead atoms. The number of nitrogens with zero attached hydrogens (tertiary/aromatic N) is 1. The van der Waals surface area contributed by atoms with Crippen LogP contribution >= 0.6 is 0 Å². The molecule has 3 aromatic carbocycles. The molecular weight excluding hydrogens is 418 g/mol. The molecule has 7 heteroatoms. The van der Waals surface area contributed by atoms with Crippen molar-refractivity contribution in [2.75, 3.05) is 13.7 Å². The lowest BCUT2D eigenvalue weighted by molar-refractivity contribution is -0.133. The van der Waals surface area contributed by atoms with Gasteiger partial charge in [-0.25, -0.2) is 5.43 Å². The molecule has 1 heterocycles. The first kappa shape index (κ1) is 22.1. The summed E-state index contributed by atoms with van der Waals surface area (Å²) in [7, 11) is 1.57. The minimum atomic E-state index is -0.826. The van der Waals surface area contributed by atoms with Crippen LogP contribution in [-0.4, -0.2) is 31.7 Å². The largest absolute Gasteiger partial charge is 0.493 e. The number of nitrogens with one attached hydrogen (secondary N) is 2. The Labute approximate surface area is 192 Å². The van der Waals surface area contributed by atoms with Gasteiger partial charge in [0, 0.05) is 12.5 Å². The van der Waals surface area contributed by atoms with Crippen LogP contribution in [0.1, 0.15) is 22.6 Å². The second kappa shape index (κ2) is 10.5. The van der Waals surface area contributed by atoms with Gasteiger partial charge in [0.2, 0.25) is 5.91 Å². The lowest BCUT2D eigenvalue weighted by Crippen LogP contribution is -2.34. The van der Waals surface area contributed by atoms with E-state index in [0.717, 1.165) is 16.7 Å². The zero-order valence-corrected chi connectivity index (χ0v) is 18.2. The Morgan fingerprint density at radius 1 is 1.06 bits per heavy atom. The first-order valence-corrected chi connectivity index (χ1v) is 10.7. The predicted octanol–water partition coefficient (Wildman–Crippen LogP) is 3.25. The van der Waals surface area contributed by atoms with Crippen LogP contribution in [0.25, 0.3) is 0 Å². The summed E-state index contributed by atoms with van der Waals surface area (Å²) in [5, 5.41) is 6.82. The minimum absolute atomic E-state index is 0.227. The molecule has 1 aliphatic heterocycles. The van der Waals surface area contributed by atoms with E-state index in [2.05, 4.69) is 15.8 Å². The van der Waals surface area contributed by atoms with E-state index in [4.69, 9.17) is 9.47 Å². The fourth-order valence-corrected chi connectivity index (χ4v) is 3.79. The molecule has 0 aliphatic carbocycles. The topological polar surface area (TPSA) is 89.0 Å². The summed E-state index contributed by atoms with van der Waals surface area (Å²) >= 11 is 0. The van der Waals surface area contributed by atoms with Gasteiger partial charge in [0.1, 0.15) is 12.5 Å². The molecule has 1 fully saturated rings. The Morgan fingerprint density at radius 2 is 1.79 bits per heavy atom. The first-order valence-electron chi connectivity index (χ1n) is 10.7. The van der Waals surface area contributed by atoms with Crippen molar-refractivity contribution in [1.29, 1.82) is 0 Å². The molecule has 2 N–H and O–H groups in total. The number of hydrogen-bond donors (Lipinski definition) is 2. The van der Waals surface area contributed by atoms with E-state index in [1.165, 1.54) is 6.21 Å². The zero-order chi connectivity index (χ0) is 23.0.